The molecule has 1 aromatic carbocycles. The lowest BCUT2D eigenvalue weighted by Gasteiger charge is -2.24. The number of benzene rings is 1. The summed E-state index contributed by atoms with van der Waals surface area (Å²) in [5, 5.41) is 25.9. The van der Waals surface area contributed by atoms with Crippen LogP contribution >= 0.6 is 0 Å². The first-order valence-corrected chi connectivity index (χ1v) is 12.9. The Hall–Kier alpha value is -2.36. The van der Waals surface area contributed by atoms with Crippen LogP contribution in [0.2, 0.25) is 0 Å². The summed E-state index contributed by atoms with van der Waals surface area (Å²) in [5.41, 5.74) is 7.01. The van der Waals surface area contributed by atoms with E-state index in [1.807, 2.05) is 18.2 Å². The maximum atomic E-state index is 11.4. The molecule has 9 nitrogen and oxygen atoms in total. The molecule has 0 aliphatic carbocycles. The maximum Gasteiger partial charge on any atom is 0.224 e. The van der Waals surface area contributed by atoms with Gasteiger partial charge in [0.1, 0.15) is 18.5 Å². The minimum Gasteiger partial charge on any atom is -0.490 e. The second-order valence-electron chi connectivity index (χ2n) is 10.4. The molecule has 1 saturated heterocycles. The summed E-state index contributed by atoms with van der Waals surface area (Å²) in [6.45, 7) is 11.1. The molecule has 3 rings (SSSR count). The molecule has 0 saturated carbocycles. The van der Waals surface area contributed by atoms with E-state index in [2.05, 4.69) is 41.6 Å². The van der Waals surface area contributed by atoms with Gasteiger partial charge < -0.3 is 36.4 Å². The van der Waals surface area contributed by atoms with Gasteiger partial charge in [-0.25, -0.2) is 0 Å². The number of hydrogen-bond donors (Lipinski definition) is 6. The van der Waals surface area contributed by atoms with Crippen LogP contribution < -0.4 is 26.4 Å². The predicted octanol–water partition coefficient (Wildman–Crippen LogP) is 2.43. The van der Waals surface area contributed by atoms with E-state index in [4.69, 9.17) is 15.9 Å². The SMILES string of the molecule is CC(C)(C)NCC(O)COc1cccc2c1CCC(=O)N2.N=C(N)NCCN1CCCCCCC1. The fourth-order valence-corrected chi connectivity index (χ4v) is 4.08. The van der Waals surface area contributed by atoms with Gasteiger partial charge in [0, 0.05) is 42.8 Å². The number of hydrogen-bond acceptors (Lipinski definition) is 6. The Labute approximate surface area is 210 Å². The molecule has 0 bridgehead atoms. The van der Waals surface area contributed by atoms with E-state index in [9.17, 15) is 9.90 Å². The van der Waals surface area contributed by atoms with Crippen molar-refractivity contribution in [2.45, 2.75) is 77.4 Å². The van der Waals surface area contributed by atoms with Crippen molar-refractivity contribution in [2.75, 3.05) is 44.6 Å². The molecule has 2 heterocycles. The van der Waals surface area contributed by atoms with Gasteiger partial charge in [0.2, 0.25) is 5.91 Å². The number of nitrogens with one attached hydrogen (secondary N) is 4. The summed E-state index contributed by atoms with van der Waals surface area (Å²) in [4.78, 5) is 13.8. The molecule has 35 heavy (non-hydrogen) atoms. The number of aliphatic hydroxyl groups is 1. The zero-order valence-corrected chi connectivity index (χ0v) is 21.8. The van der Waals surface area contributed by atoms with Crippen molar-refractivity contribution in [1.29, 1.82) is 5.41 Å². The van der Waals surface area contributed by atoms with E-state index in [-0.39, 0.29) is 24.0 Å². The molecule has 1 unspecified atom stereocenters. The molecule has 0 spiro atoms. The first-order chi connectivity index (χ1) is 16.6. The topological polar surface area (TPSA) is 136 Å². The monoisotopic (exact) mass is 490 g/mol. The highest BCUT2D eigenvalue weighted by atomic mass is 16.5. The summed E-state index contributed by atoms with van der Waals surface area (Å²) < 4.78 is 5.73. The highest BCUT2D eigenvalue weighted by Crippen LogP contribution is 2.31. The lowest BCUT2D eigenvalue weighted by molar-refractivity contribution is -0.116. The van der Waals surface area contributed by atoms with Crippen molar-refractivity contribution < 1.29 is 14.6 Å². The van der Waals surface area contributed by atoms with Gasteiger partial charge in [0.25, 0.3) is 0 Å². The quantitative estimate of drug-likeness (QED) is 0.243. The third kappa shape index (κ3) is 12.2. The standard InChI is InChI=1S/C16H24N2O3.C10H22N4/c1-16(2,3)17-9-11(19)10-21-14-6-4-5-13-12(14)7-8-15(20)18-13;11-10(12)13-6-9-14-7-4-2-1-3-5-8-14/h4-6,11,17,19H,7-10H2,1-3H3,(H,18,20);1-9H2,(H4,11,12,13). The van der Waals surface area contributed by atoms with E-state index in [1.54, 1.807) is 0 Å². The molecular formula is C26H46N6O3. The smallest absolute Gasteiger partial charge is 0.224 e. The number of amides is 1. The van der Waals surface area contributed by atoms with Crippen molar-refractivity contribution in [2.24, 2.45) is 5.73 Å². The van der Waals surface area contributed by atoms with Crippen molar-refractivity contribution in [1.82, 2.24) is 15.5 Å². The largest absolute Gasteiger partial charge is 0.490 e. The van der Waals surface area contributed by atoms with Gasteiger partial charge in [0.05, 0.1) is 0 Å². The first-order valence-electron chi connectivity index (χ1n) is 12.9. The molecule has 1 amide bonds. The molecule has 2 aliphatic rings. The van der Waals surface area contributed by atoms with Crippen LogP contribution in [0.1, 0.15) is 64.9 Å². The number of nitrogens with zero attached hydrogens (tertiary/aromatic N) is 1. The number of carbonyl (C=O) groups excluding carboxylic acids is 1. The number of likely N-dealkylation sites (tertiary alicyclic amines) is 1. The van der Waals surface area contributed by atoms with E-state index in [0.29, 0.717) is 19.4 Å². The van der Waals surface area contributed by atoms with Crippen molar-refractivity contribution in [3.63, 3.8) is 0 Å². The fourth-order valence-electron chi connectivity index (χ4n) is 4.08. The van der Waals surface area contributed by atoms with E-state index < -0.39 is 6.10 Å². The Morgan fingerprint density at radius 2 is 1.89 bits per heavy atom. The molecule has 0 radical (unpaired) electrons. The maximum absolute atomic E-state index is 11.4. The van der Waals surface area contributed by atoms with Crippen LogP contribution in [0.5, 0.6) is 5.75 Å². The summed E-state index contributed by atoms with van der Waals surface area (Å²) in [5.74, 6) is 0.855. The number of β-amino-alcohol motifs (C(OH)–C–C–N with tert-alkyl or cyclic N) is 1. The Bertz CT molecular complexity index is 788. The number of rotatable bonds is 8. The average molecular weight is 491 g/mol. The van der Waals surface area contributed by atoms with Crippen LogP contribution in [0.15, 0.2) is 18.2 Å². The van der Waals surface area contributed by atoms with Crippen LogP contribution in [-0.4, -0.2) is 72.8 Å². The molecule has 2 aliphatic heterocycles. The molecule has 0 aromatic heterocycles. The number of fused-ring (bicyclic) bond motifs is 1. The van der Waals surface area contributed by atoms with Crippen molar-refractivity contribution in [3.05, 3.63) is 23.8 Å². The minimum atomic E-state index is -0.571. The zero-order valence-electron chi connectivity index (χ0n) is 21.8. The number of nitrogens with two attached hydrogens (primary N) is 1. The molecular weight excluding hydrogens is 444 g/mol. The molecule has 7 N–H and O–H groups in total. The van der Waals surface area contributed by atoms with Gasteiger partial charge in [-0.3, -0.25) is 10.2 Å². The molecule has 1 atom stereocenters. The van der Waals surface area contributed by atoms with Gasteiger partial charge >= 0.3 is 0 Å². The first kappa shape index (κ1) is 28.9. The van der Waals surface area contributed by atoms with Crippen molar-refractivity contribution >= 4 is 17.6 Å². The van der Waals surface area contributed by atoms with E-state index >= 15 is 0 Å². The predicted molar refractivity (Wildman–Crippen MR) is 142 cm³/mol. The second-order valence-corrected chi connectivity index (χ2v) is 10.4. The third-order valence-corrected chi connectivity index (χ3v) is 6.00. The number of aliphatic hydroxyl groups excluding tert-OH is 1. The van der Waals surface area contributed by atoms with E-state index in [0.717, 1.165) is 30.1 Å². The molecule has 1 fully saturated rings. The van der Waals surface area contributed by atoms with Crippen LogP contribution in [-0.2, 0) is 11.2 Å². The van der Waals surface area contributed by atoms with Crippen LogP contribution in [0, 0.1) is 5.41 Å². The summed E-state index contributed by atoms with van der Waals surface area (Å²) >= 11 is 0. The van der Waals surface area contributed by atoms with Crippen LogP contribution in [0.3, 0.4) is 0 Å². The number of ether oxygens (including phenoxy) is 1. The summed E-state index contributed by atoms with van der Waals surface area (Å²) in [6, 6.07) is 5.59. The van der Waals surface area contributed by atoms with Gasteiger partial charge in [0.15, 0.2) is 5.96 Å². The average Bonchev–Trinajstić information content (AvgIpc) is 2.77. The lowest BCUT2D eigenvalue weighted by atomic mass is 10.0. The molecule has 1 aromatic rings. The minimum absolute atomic E-state index is 0.0306. The Morgan fingerprint density at radius 1 is 1.20 bits per heavy atom. The van der Waals surface area contributed by atoms with Crippen LogP contribution in [0.25, 0.3) is 0 Å². The Balaban J connectivity index is 0.000000269. The zero-order chi connectivity index (χ0) is 25.7. The number of carbonyl (C=O) groups is 1. The normalized spacial score (nSPS) is 17.5. The summed E-state index contributed by atoms with van der Waals surface area (Å²) in [6.07, 6.45) is 7.36. The number of anilines is 1. The molecule has 9 heteroatoms. The lowest BCUT2D eigenvalue weighted by Crippen LogP contribution is -2.42. The van der Waals surface area contributed by atoms with Gasteiger partial charge in [-0.05, 0) is 65.3 Å². The highest BCUT2D eigenvalue weighted by molar-refractivity contribution is 5.94. The highest BCUT2D eigenvalue weighted by Gasteiger charge is 2.19. The van der Waals surface area contributed by atoms with Gasteiger partial charge in [-0.2, -0.15) is 0 Å². The number of guanidine groups is 1. The van der Waals surface area contributed by atoms with Crippen LogP contribution in [0.4, 0.5) is 5.69 Å². The Kier molecular flexibility index (Phi) is 12.3. The second kappa shape index (κ2) is 14.9. The Morgan fingerprint density at radius 3 is 2.54 bits per heavy atom. The van der Waals surface area contributed by atoms with E-state index in [1.165, 1.54) is 45.2 Å². The van der Waals surface area contributed by atoms with Crippen molar-refractivity contribution in [3.8, 4) is 5.75 Å². The van der Waals surface area contributed by atoms with Gasteiger partial charge in [-0.15, -0.1) is 0 Å². The summed E-state index contributed by atoms with van der Waals surface area (Å²) in [7, 11) is 0. The third-order valence-electron chi connectivity index (χ3n) is 6.00. The molecule has 198 valence electrons. The fraction of sp³-hybridized carbons (Fsp3) is 0.692. The van der Waals surface area contributed by atoms with Gasteiger partial charge in [-0.1, -0.05) is 25.3 Å².